The van der Waals surface area contributed by atoms with E-state index in [1.807, 2.05) is 84.9 Å². The smallest absolute Gasteiger partial charge is 0.303 e. The molecule has 4 aromatic carbocycles. The minimum atomic E-state index is -0.885. The Morgan fingerprint density at radius 1 is 0.925 bits per heavy atom. The second-order valence-corrected chi connectivity index (χ2v) is 13.6. The minimum Gasteiger partial charge on any atom is -0.453 e. The van der Waals surface area contributed by atoms with Gasteiger partial charge in [0.15, 0.2) is 12.4 Å². The van der Waals surface area contributed by atoms with Crippen LogP contribution in [0.3, 0.4) is 0 Å². The van der Waals surface area contributed by atoms with Crippen LogP contribution in [0.1, 0.15) is 55.4 Å². The van der Waals surface area contributed by atoms with Gasteiger partial charge < -0.3 is 29.5 Å². The van der Waals surface area contributed by atoms with Gasteiger partial charge in [0, 0.05) is 75.5 Å². The van der Waals surface area contributed by atoms with Crippen molar-refractivity contribution in [2.75, 3.05) is 37.6 Å². The summed E-state index contributed by atoms with van der Waals surface area (Å²) in [6, 6.07) is 30.5. The topological polar surface area (TPSA) is 144 Å². The van der Waals surface area contributed by atoms with Crippen LogP contribution in [-0.2, 0) is 37.0 Å². The Morgan fingerprint density at radius 3 is 2.23 bits per heavy atom. The van der Waals surface area contributed by atoms with Crippen molar-refractivity contribution in [3.63, 3.8) is 0 Å². The number of carbonyl (C=O) groups excluding carboxylic acids is 2. The number of piperazine rings is 1. The molecule has 0 aliphatic carbocycles. The highest BCUT2D eigenvalue weighted by Crippen LogP contribution is 2.42. The molecule has 4 aromatic rings. The van der Waals surface area contributed by atoms with E-state index < -0.39 is 18.4 Å². The van der Waals surface area contributed by atoms with E-state index in [1.54, 1.807) is 19.1 Å². The summed E-state index contributed by atoms with van der Waals surface area (Å²) in [6.07, 6.45) is -1.89. The van der Waals surface area contributed by atoms with Gasteiger partial charge in [0.25, 0.3) is 11.6 Å². The van der Waals surface area contributed by atoms with Crippen LogP contribution in [0.2, 0.25) is 0 Å². The Bertz CT molecular complexity index is 1860. The van der Waals surface area contributed by atoms with Crippen molar-refractivity contribution in [1.29, 1.82) is 0 Å². The van der Waals surface area contributed by atoms with E-state index in [0.717, 1.165) is 65.2 Å². The van der Waals surface area contributed by atoms with Gasteiger partial charge in [-0.1, -0.05) is 79.7 Å². The predicted octanol–water partition coefficient (Wildman–Crippen LogP) is 5.94. The van der Waals surface area contributed by atoms with Gasteiger partial charge in [0.1, 0.15) is 0 Å². The first-order valence-electron chi connectivity index (χ1n) is 17.9. The van der Waals surface area contributed by atoms with Crippen molar-refractivity contribution in [1.82, 2.24) is 10.2 Å². The number of aliphatic hydroxyl groups is 1. The van der Waals surface area contributed by atoms with Gasteiger partial charge in [-0.2, -0.15) is 0 Å². The first-order valence-corrected chi connectivity index (χ1v) is 17.9. The summed E-state index contributed by atoms with van der Waals surface area (Å²) < 4.78 is 18.5. The van der Waals surface area contributed by atoms with E-state index in [1.165, 1.54) is 6.92 Å². The molecule has 2 heterocycles. The number of non-ortho nitro benzene ring substituents is 1. The molecule has 2 fully saturated rings. The van der Waals surface area contributed by atoms with Crippen LogP contribution in [-0.4, -0.2) is 71.7 Å². The van der Waals surface area contributed by atoms with E-state index in [-0.39, 0.29) is 47.8 Å². The van der Waals surface area contributed by atoms with Gasteiger partial charge in [0.05, 0.1) is 23.7 Å². The molecule has 53 heavy (non-hydrogen) atoms. The van der Waals surface area contributed by atoms with Gasteiger partial charge >= 0.3 is 5.97 Å². The van der Waals surface area contributed by atoms with Gasteiger partial charge in [-0.3, -0.25) is 24.6 Å². The number of aliphatic hydroxyl groups excluding tert-OH is 1. The first kappa shape index (κ1) is 37.6. The minimum absolute atomic E-state index is 0.0309. The highest BCUT2D eigenvalue weighted by Gasteiger charge is 2.39. The van der Waals surface area contributed by atoms with Crippen LogP contribution in [0.5, 0.6) is 0 Å². The molecule has 0 saturated carbocycles. The summed E-state index contributed by atoms with van der Waals surface area (Å²) in [7, 11) is 0. The van der Waals surface area contributed by atoms with Crippen LogP contribution in [0, 0.1) is 16.0 Å². The van der Waals surface area contributed by atoms with Crippen molar-refractivity contribution in [2.45, 2.75) is 58.5 Å². The number of hydrogen-bond acceptors (Lipinski definition) is 10. The number of rotatable bonds is 12. The number of nitro benzene ring substituents is 1. The second-order valence-electron chi connectivity index (χ2n) is 13.6. The summed E-state index contributed by atoms with van der Waals surface area (Å²) in [4.78, 5) is 39.2. The summed E-state index contributed by atoms with van der Waals surface area (Å²) in [5.74, 6) is -0.845. The zero-order valence-electron chi connectivity index (χ0n) is 30.2. The SMILES string of the molecule is CC(=O)O[C@@H](C)C(=O)NCc1ccccc1-c1ccc([C@H]2O[C@@H](CN3CCN(c4ccc([N+](=O)[O-])cc4)CC3)[C@@H](C)[C@@H](c3ccc(CO)cc3)O2)cc1. The van der Waals surface area contributed by atoms with Crippen LogP contribution in [0.25, 0.3) is 11.1 Å². The molecule has 0 unspecified atom stereocenters. The molecule has 278 valence electrons. The zero-order valence-corrected chi connectivity index (χ0v) is 30.2. The lowest BCUT2D eigenvalue weighted by Crippen LogP contribution is -2.51. The molecule has 2 aliphatic rings. The molecular weight excluding hydrogens is 676 g/mol. The largest absolute Gasteiger partial charge is 0.453 e. The standard InChI is InChI=1S/C41H46N4O8/c1-27-38(25-43-20-22-44(23-21-43)35-16-18-36(19-17-35)45(49)50)52-41(53-39(27)32-10-8-30(26-46)9-11-32)33-14-12-31(13-15-33)37-7-5-4-6-34(37)24-42-40(48)28(2)51-29(3)47/h4-19,27-28,38-39,41,46H,20-26H2,1-3H3,(H,42,48)/t27-,28+,38+,39+,41+/m1/s1. The number of nitrogens with zero attached hydrogens (tertiary/aromatic N) is 3. The lowest BCUT2D eigenvalue weighted by atomic mass is 9.89. The van der Waals surface area contributed by atoms with Gasteiger partial charge in [0.2, 0.25) is 0 Å². The summed E-state index contributed by atoms with van der Waals surface area (Å²) in [5.41, 5.74) is 6.65. The number of anilines is 1. The molecule has 6 rings (SSSR count). The molecule has 12 nitrogen and oxygen atoms in total. The third-order valence-electron chi connectivity index (χ3n) is 10.0. The van der Waals surface area contributed by atoms with Crippen molar-refractivity contribution in [2.24, 2.45) is 5.92 Å². The fourth-order valence-corrected chi connectivity index (χ4v) is 6.96. The molecule has 0 spiro atoms. The number of benzene rings is 4. The average Bonchev–Trinajstić information content (AvgIpc) is 3.18. The number of amides is 1. The van der Waals surface area contributed by atoms with Crippen molar-refractivity contribution >= 4 is 23.3 Å². The van der Waals surface area contributed by atoms with E-state index in [4.69, 9.17) is 14.2 Å². The predicted molar refractivity (Wildman–Crippen MR) is 200 cm³/mol. The molecule has 0 aromatic heterocycles. The highest BCUT2D eigenvalue weighted by atomic mass is 16.7. The molecule has 5 atom stereocenters. The first-order chi connectivity index (χ1) is 25.6. The molecule has 0 bridgehead atoms. The monoisotopic (exact) mass is 722 g/mol. The Hall–Kier alpha value is -5.14. The molecule has 2 aliphatic heterocycles. The van der Waals surface area contributed by atoms with E-state index in [2.05, 4.69) is 22.0 Å². The fourth-order valence-electron chi connectivity index (χ4n) is 6.96. The average molecular weight is 723 g/mol. The maximum absolute atomic E-state index is 12.5. The maximum atomic E-state index is 12.5. The van der Waals surface area contributed by atoms with Gasteiger partial charge in [-0.05, 0) is 46.9 Å². The molecule has 12 heteroatoms. The van der Waals surface area contributed by atoms with E-state index in [0.29, 0.717) is 6.54 Å². The number of ether oxygens (including phenoxy) is 3. The van der Waals surface area contributed by atoms with Gasteiger partial charge in [-0.25, -0.2) is 0 Å². The van der Waals surface area contributed by atoms with Crippen LogP contribution < -0.4 is 10.2 Å². The number of nitrogens with one attached hydrogen (secondary N) is 1. The maximum Gasteiger partial charge on any atom is 0.303 e. The Morgan fingerprint density at radius 2 is 1.58 bits per heavy atom. The second kappa shape index (κ2) is 17.1. The summed E-state index contributed by atoms with van der Waals surface area (Å²) in [5, 5.41) is 23.6. The molecule has 2 N–H and O–H groups in total. The van der Waals surface area contributed by atoms with Crippen LogP contribution in [0.4, 0.5) is 11.4 Å². The summed E-state index contributed by atoms with van der Waals surface area (Å²) in [6.45, 7) is 9.17. The Kier molecular flexibility index (Phi) is 12.2. The van der Waals surface area contributed by atoms with Crippen molar-refractivity contribution in [3.8, 4) is 11.1 Å². The van der Waals surface area contributed by atoms with Crippen LogP contribution in [0.15, 0.2) is 97.1 Å². The summed E-state index contributed by atoms with van der Waals surface area (Å²) >= 11 is 0. The Labute approximate surface area is 309 Å². The number of nitro groups is 1. The normalized spacial score (nSPS) is 21.1. The third kappa shape index (κ3) is 9.27. The number of hydrogen-bond donors (Lipinski definition) is 2. The van der Waals surface area contributed by atoms with Gasteiger partial charge in [-0.15, -0.1) is 0 Å². The lowest BCUT2D eigenvalue weighted by Gasteiger charge is -2.44. The quantitative estimate of drug-likeness (QED) is 0.103. The highest BCUT2D eigenvalue weighted by molar-refractivity contribution is 5.83. The molecule has 0 radical (unpaired) electrons. The lowest BCUT2D eigenvalue weighted by molar-refractivity contribution is -0.384. The third-order valence-corrected chi connectivity index (χ3v) is 10.0. The van der Waals surface area contributed by atoms with Crippen molar-refractivity contribution < 1.29 is 33.8 Å². The van der Waals surface area contributed by atoms with E-state index >= 15 is 0 Å². The number of carbonyl (C=O) groups is 2. The number of esters is 1. The molecule has 1 amide bonds. The van der Waals surface area contributed by atoms with Crippen molar-refractivity contribution in [3.05, 3.63) is 129 Å². The molecule has 2 saturated heterocycles. The fraction of sp³-hybridized carbons (Fsp3) is 0.366. The zero-order chi connectivity index (χ0) is 37.5. The van der Waals surface area contributed by atoms with Crippen LogP contribution >= 0.6 is 0 Å². The van der Waals surface area contributed by atoms with E-state index in [9.17, 15) is 24.8 Å². The Balaban J connectivity index is 1.16. The molecular formula is C41H46N4O8.